The van der Waals surface area contributed by atoms with E-state index in [0.29, 0.717) is 24.9 Å². The molecule has 106 valence electrons. The van der Waals surface area contributed by atoms with E-state index < -0.39 is 0 Å². The topological polar surface area (TPSA) is 57.2 Å². The fraction of sp³-hybridized carbons (Fsp3) is 0.533. The lowest BCUT2D eigenvalue weighted by atomic mass is 10.1. The second kappa shape index (κ2) is 5.91. The molecule has 5 nitrogen and oxygen atoms in total. The van der Waals surface area contributed by atoms with Gasteiger partial charge in [0.2, 0.25) is 0 Å². The van der Waals surface area contributed by atoms with Gasteiger partial charge in [0, 0.05) is 25.0 Å². The molecule has 2 heterocycles. The highest BCUT2D eigenvalue weighted by atomic mass is 15.3. The normalized spacial score (nSPS) is 11.2. The van der Waals surface area contributed by atoms with Gasteiger partial charge in [0.25, 0.3) is 0 Å². The predicted octanol–water partition coefficient (Wildman–Crippen LogP) is 2.98. The summed E-state index contributed by atoms with van der Waals surface area (Å²) in [5.41, 5.74) is 2.06. The number of hydrogen-bond acceptors (Lipinski definition) is 4. The van der Waals surface area contributed by atoms with Gasteiger partial charge in [0.05, 0.1) is 18.2 Å². The van der Waals surface area contributed by atoms with Crippen LogP contribution in [0, 0.1) is 11.3 Å². The maximum atomic E-state index is 8.82. The summed E-state index contributed by atoms with van der Waals surface area (Å²) in [7, 11) is 0. The van der Waals surface area contributed by atoms with E-state index in [4.69, 9.17) is 5.26 Å². The van der Waals surface area contributed by atoms with Crippen LogP contribution in [0.1, 0.15) is 45.7 Å². The maximum absolute atomic E-state index is 8.82. The molecule has 0 unspecified atom stereocenters. The molecule has 0 radical (unpaired) electrons. The lowest BCUT2D eigenvalue weighted by molar-refractivity contribution is 0.676. The van der Waals surface area contributed by atoms with Gasteiger partial charge >= 0.3 is 0 Å². The number of hydrogen-bond donors (Lipinski definition) is 0. The van der Waals surface area contributed by atoms with Gasteiger partial charge in [-0.3, -0.25) is 0 Å². The zero-order valence-corrected chi connectivity index (χ0v) is 12.5. The molecule has 0 spiro atoms. The Hall–Kier alpha value is -2.09. The van der Waals surface area contributed by atoms with E-state index in [1.807, 2.05) is 10.7 Å². The zero-order chi connectivity index (χ0) is 14.7. The molecule has 2 rings (SSSR count). The Bertz CT molecular complexity index is 621. The predicted molar refractivity (Wildman–Crippen MR) is 79.8 cm³/mol. The average Bonchev–Trinajstić information content (AvgIpc) is 2.83. The number of nitriles is 1. The zero-order valence-electron chi connectivity index (χ0n) is 12.5. The Morgan fingerprint density at radius 2 is 2.10 bits per heavy atom. The van der Waals surface area contributed by atoms with Gasteiger partial charge in [-0.25, -0.2) is 9.50 Å². The molecule has 0 aliphatic heterocycles. The molecule has 0 aromatic carbocycles. The van der Waals surface area contributed by atoms with Crippen LogP contribution in [-0.2, 0) is 0 Å². The van der Waals surface area contributed by atoms with Crippen molar-refractivity contribution in [3.05, 3.63) is 24.2 Å². The molecular formula is C15H21N5. The summed E-state index contributed by atoms with van der Waals surface area (Å²) in [5, 5.41) is 13.4. The lowest BCUT2D eigenvalue weighted by Gasteiger charge is -2.27. The summed E-state index contributed by atoms with van der Waals surface area (Å²) >= 11 is 0. The highest BCUT2D eigenvalue weighted by Crippen LogP contribution is 2.24. The van der Waals surface area contributed by atoms with Crippen LogP contribution >= 0.6 is 0 Å². The first kappa shape index (κ1) is 14.3. The summed E-state index contributed by atoms with van der Waals surface area (Å²) in [6.45, 7) is 9.17. The van der Waals surface area contributed by atoms with E-state index >= 15 is 0 Å². The van der Waals surface area contributed by atoms with Crippen LogP contribution in [0.4, 0.5) is 5.82 Å². The van der Waals surface area contributed by atoms with Crippen molar-refractivity contribution in [1.29, 1.82) is 5.26 Å². The second-order valence-corrected chi connectivity index (χ2v) is 5.50. The molecule has 2 aromatic heterocycles. The van der Waals surface area contributed by atoms with Crippen LogP contribution in [0.15, 0.2) is 18.5 Å². The summed E-state index contributed by atoms with van der Waals surface area (Å²) < 4.78 is 1.87. The van der Waals surface area contributed by atoms with Gasteiger partial charge in [0.1, 0.15) is 5.52 Å². The Balaban J connectivity index is 2.48. The van der Waals surface area contributed by atoms with Crippen molar-refractivity contribution in [3.63, 3.8) is 0 Å². The third-order valence-electron chi connectivity index (χ3n) is 3.34. The smallest absolute Gasteiger partial charge is 0.154 e. The molecule has 0 saturated heterocycles. The van der Waals surface area contributed by atoms with Gasteiger partial charge in [-0.1, -0.05) is 13.8 Å². The maximum Gasteiger partial charge on any atom is 0.154 e. The Morgan fingerprint density at radius 1 is 1.35 bits per heavy atom. The van der Waals surface area contributed by atoms with Crippen molar-refractivity contribution < 1.29 is 0 Å². The highest BCUT2D eigenvalue weighted by molar-refractivity contribution is 5.69. The SMILES string of the molecule is CC(C)c1cc2c(N(CCC#N)C(C)C)nccn2n1. The van der Waals surface area contributed by atoms with E-state index in [2.05, 4.69) is 54.8 Å². The van der Waals surface area contributed by atoms with E-state index in [1.165, 1.54) is 0 Å². The Morgan fingerprint density at radius 3 is 2.70 bits per heavy atom. The highest BCUT2D eigenvalue weighted by Gasteiger charge is 2.17. The first-order chi connectivity index (χ1) is 9.54. The number of aromatic nitrogens is 3. The first-order valence-electron chi connectivity index (χ1n) is 7.02. The molecule has 0 amide bonds. The average molecular weight is 271 g/mol. The van der Waals surface area contributed by atoms with E-state index in [9.17, 15) is 0 Å². The van der Waals surface area contributed by atoms with Crippen molar-refractivity contribution in [1.82, 2.24) is 14.6 Å². The summed E-state index contributed by atoms with van der Waals surface area (Å²) in [5.74, 6) is 1.28. The van der Waals surface area contributed by atoms with Crippen LogP contribution in [0.5, 0.6) is 0 Å². The molecule has 0 atom stereocenters. The van der Waals surface area contributed by atoms with E-state index in [1.54, 1.807) is 6.20 Å². The van der Waals surface area contributed by atoms with Crippen LogP contribution in [-0.4, -0.2) is 27.2 Å². The third-order valence-corrected chi connectivity index (χ3v) is 3.34. The quantitative estimate of drug-likeness (QED) is 0.839. The molecule has 0 aliphatic rings. The van der Waals surface area contributed by atoms with Gasteiger partial charge in [-0.05, 0) is 25.8 Å². The van der Waals surface area contributed by atoms with E-state index in [0.717, 1.165) is 17.0 Å². The van der Waals surface area contributed by atoms with Crippen molar-refractivity contribution in [2.45, 2.75) is 46.1 Å². The minimum Gasteiger partial charge on any atom is -0.351 e. The van der Waals surface area contributed by atoms with Gasteiger partial charge in [-0.15, -0.1) is 0 Å². The van der Waals surface area contributed by atoms with Gasteiger partial charge in [0.15, 0.2) is 5.82 Å². The fourth-order valence-electron chi connectivity index (χ4n) is 2.21. The molecule has 0 fully saturated rings. The van der Waals surface area contributed by atoms with Crippen LogP contribution < -0.4 is 4.90 Å². The second-order valence-electron chi connectivity index (χ2n) is 5.50. The number of anilines is 1. The minimum absolute atomic E-state index is 0.291. The molecule has 2 aromatic rings. The molecule has 0 saturated carbocycles. The van der Waals surface area contributed by atoms with Crippen molar-refractivity contribution in [3.8, 4) is 6.07 Å². The molecule has 0 aliphatic carbocycles. The molecular weight excluding hydrogens is 250 g/mol. The number of rotatable bonds is 5. The summed E-state index contributed by atoms with van der Waals surface area (Å²) in [4.78, 5) is 6.67. The lowest BCUT2D eigenvalue weighted by Crippen LogP contribution is -2.32. The third kappa shape index (κ3) is 2.74. The standard InChI is InChI=1S/C15H21N5/c1-11(2)13-10-14-15(17-7-9-20(14)18-13)19(12(3)4)8-5-6-16/h7,9-12H,5,8H2,1-4H3. The van der Waals surface area contributed by atoms with Crippen molar-refractivity contribution >= 4 is 11.3 Å². The number of fused-ring (bicyclic) bond motifs is 1. The number of nitrogens with zero attached hydrogens (tertiary/aromatic N) is 5. The van der Waals surface area contributed by atoms with Crippen LogP contribution in [0.25, 0.3) is 5.52 Å². The molecule has 20 heavy (non-hydrogen) atoms. The van der Waals surface area contributed by atoms with Crippen molar-refractivity contribution in [2.24, 2.45) is 0 Å². The summed E-state index contributed by atoms with van der Waals surface area (Å²) in [6.07, 6.45) is 4.13. The van der Waals surface area contributed by atoms with E-state index in [-0.39, 0.29) is 0 Å². The first-order valence-corrected chi connectivity index (χ1v) is 7.02. The molecule has 0 bridgehead atoms. The Kier molecular flexibility index (Phi) is 4.23. The van der Waals surface area contributed by atoms with Crippen LogP contribution in [0.3, 0.4) is 0 Å². The summed E-state index contributed by atoms with van der Waals surface area (Å²) in [6, 6.07) is 4.59. The fourth-order valence-corrected chi connectivity index (χ4v) is 2.21. The minimum atomic E-state index is 0.291. The Labute approximate surface area is 119 Å². The van der Waals surface area contributed by atoms with Gasteiger partial charge in [-0.2, -0.15) is 10.4 Å². The molecule has 0 N–H and O–H groups in total. The molecule has 5 heteroatoms. The van der Waals surface area contributed by atoms with Gasteiger partial charge < -0.3 is 4.90 Å². The van der Waals surface area contributed by atoms with Crippen molar-refractivity contribution in [2.75, 3.05) is 11.4 Å². The monoisotopic (exact) mass is 271 g/mol. The largest absolute Gasteiger partial charge is 0.351 e. The van der Waals surface area contributed by atoms with Crippen LogP contribution in [0.2, 0.25) is 0 Å².